The number of carboxylic acids is 1. The number of ether oxygens (including phenoxy) is 1. The molecule has 234 valence electrons. The molecule has 1 saturated heterocycles. The number of carboxylic acid groups (broad SMARTS) is 1. The molecule has 1 N–H and O–H groups in total. The molecule has 0 bridgehead atoms. The first-order chi connectivity index (χ1) is 21.5. The average Bonchev–Trinajstić information content (AvgIpc) is 3.76. The van der Waals surface area contributed by atoms with Crippen LogP contribution < -0.4 is 10.0 Å². The third-order valence-corrected chi connectivity index (χ3v) is 8.73. The second kappa shape index (κ2) is 12.2. The van der Waals surface area contributed by atoms with Crippen molar-refractivity contribution in [3.63, 3.8) is 0 Å². The van der Waals surface area contributed by atoms with E-state index in [1.807, 2.05) is 11.0 Å². The van der Waals surface area contributed by atoms with Crippen molar-refractivity contribution in [2.24, 2.45) is 5.92 Å². The number of nitrogens with zero attached hydrogens (tertiary/aromatic N) is 4. The number of likely N-dealkylation sites (tertiary alicyclic amines) is 1. The Morgan fingerprint density at radius 1 is 1.02 bits per heavy atom. The van der Waals surface area contributed by atoms with Gasteiger partial charge in [0, 0.05) is 30.1 Å². The fourth-order valence-electron chi connectivity index (χ4n) is 5.69. The second-order valence-corrected chi connectivity index (χ2v) is 11.9. The van der Waals surface area contributed by atoms with Crippen LogP contribution in [-0.2, 0) is 17.6 Å². The maximum Gasteiger partial charge on any atom is 0.434 e. The summed E-state index contributed by atoms with van der Waals surface area (Å²) in [4.78, 5) is 30.1. The van der Waals surface area contributed by atoms with E-state index in [9.17, 15) is 27.9 Å². The number of hydrogen-bond donors (Lipinski definition) is 1. The van der Waals surface area contributed by atoms with Crippen LogP contribution in [0.3, 0.4) is 0 Å². The van der Waals surface area contributed by atoms with Crippen molar-refractivity contribution >= 4 is 26.4 Å². The van der Waals surface area contributed by atoms with Gasteiger partial charge in [0.25, 0.3) is 0 Å². The molecular formula is C32H29F4N4O4P. The van der Waals surface area contributed by atoms with Crippen LogP contribution in [0.4, 0.5) is 17.6 Å². The van der Waals surface area contributed by atoms with Crippen molar-refractivity contribution in [1.29, 1.82) is 0 Å². The summed E-state index contributed by atoms with van der Waals surface area (Å²) < 4.78 is 63.3. The Morgan fingerprint density at radius 3 is 2.42 bits per heavy atom. The minimum atomic E-state index is -5.00. The van der Waals surface area contributed by atoms with Crippen LogP contribution in [0.15, 0.2) is 60.8 Å². The molecule has 1 aliphatic heterocycles. The quantitative estimate of drug-likeness (QED) is 0.188. The van der Waals surface area contributed by atoms with E-state index in [1.165, 1.54) is 18.2 Å². The van der Waals surface area contributed by atoms with E-state index >= 15 is 4.39 Å². The molecule has 0 radical (unpaired) electrons. The van der Waals surface area contributed by atoms with Crippen molar-refractivity contribution in [2.45, 2.75) is 44.4 Å². The van der Waals surface area contributed by atoms with Gasteiger partial charge in [0.2, 0.25) is 5.91 Å². The normalized spacial score (nSPS) is 15.7. The zero-order valence-corrected chi connectivity index (χ0v) is 25.1. The van der Waals surface area contributed by atoms with Crippen LogP contribution in [0.1, 0.15) is 58.8 Å². The molecule has 1 atom stereocenters. The monoisotopic (exact) mass is 640 g/mol. The van der Waals surface area contributed by atoms with Gasteiger partial charge in [-0.2, -0.15) is 18.3 Å². The molecule has 8 nitrogen and oxygen atoms in total. The van der Waals surface area contributed by atoms with E-state index in [2.05, 4.69) is 19.3 Å². The van der Waals surface area contributed by atoms with Gasteiger partial charge < -0.3 is 14.7 Å². The van der Waals surface area contributed by atoms with Crippen LogP contribution in [0.25, 0.3) is 17.1 Å². The topological polar surface area (TPSA) is 97.5 Å². The number of piperidine rings is 1. The molecule has 45 heavy (non-hydrogen) atoms. The van der Waals surface area contributed by atoms with Gasteiger partial charge in [0.1, 0.15) is 23.7 Å². The van der Waals surface area contributed by atoms with Gasteiger partial charge in [-0.1, -0.05) is 24.3 Å². The van der Waals surface area contributed by atoms with E-state index < -0.39 is 29.2 Å². The summed E-state index contributed by atoms with van der Waals surface area (Å²) in [6.07, 6.45) is -0.863. The number of halogens is 4. The highest BCUT2D eigenvalue weighted by atomic mass is 31.0. The maximum absolute atomic E-state index is 15.4. The first-order valence-corrected chi connectivity index (χ1v) is 15.0. The molecule has 1 unspecified atom stereocenters. The summed E-state index contributed by atoms with van der Waals surface area (Å²) in [7, 11) is 2.56. The molecule has 1 amide bonds. The number of aromatic carboxylic acids is 1. The Balaban J connectivity index is 1.20. The largest absolute Gasteiger partial charge is 0.488 e. The molecule has 2 fully saturated rings. The molecule has 2 aromatic carbocycles. The lowest BCUT2D eigenvalue weighted by Crippen LogP contribution is -2.38. The number of rotatable bonds is 8. The summed E-state index contributed by atoms with van der Waals surface area (Å²) in [6, 6.07) is 14.5. The Hall–Kier alpha value is -4.31. The molecule has 6 rings (SSSR count). The number of para-hydroxylation sites is 1. The molecule has 0 spiro atoms. The number of benzene rings is 2. The van der Waals surface area contributed by atoms with Crippen LogP contribution in [0, 0.1) is 11.7 Å². The Labute approximate surface area is 258 Å². The summed E-state index contributed by atoms with van der Waals surface area (Å²) >= 11 is 0. The van der Waals surface area contributed by atoms with Gasteiger partial charge in [-0.05, 0) is 72.8 Å². The number of carbonyl (C=O) groups excluding carboxylic acids is 1. The van der Waals surface area contributed by atoms with Gasteiger partial charge in [-0.15, -0.1) is 9.24 Å². The summed E-state index contributed by atoms with van der Waals surface area (Å²) in [5.74, 6) is -1.52. The fourth-order valence-corrected chi connectivity index (χ4v) is 6.10. The molecular weight excluding hydrogens is 611 g/mol. The lowest BCUT2D eigenvalue weighted by Gasteiger charge is -2.32. The van der Waals surface area contributed by atoms with Crippen LogP contribution >= 0.6 is 9.24 Å². The highest BCUT2D eigenvalue weighted by Crippen LogP contribution is 2.36. The highest BCUT2D eigenvalue weighted by molar-refractivity contribution is 7.27. The summed E-state index contributed by atoms with van der Waals surface area (Å²) in [5.41, 5.74) is -0.536. The van der Waals surface area contributed by atoms with Gasteiger partial charge in [-0.3, -0.25) is 4.79 Å². The van der Waals surface area contributed by atoms with E-state index in [0.717, 1.165) is 31.2 Å². The number of pyridine rings is 1. The SMILES string of the molecule is O=C(O)c1cnn(-c2cccc(-c3ccccc3OCc3c(F)cc(C4CCN(C(=O)C5CC5)CC4)cc3P)n2)c1C(F)(F)F. The zero-order valence-electron chi connectivity index (χ0n) is 23.9. The highest BCUT2D eigenvalue weighted by Gasteiger charge is 2.41. The van der Waals surface area contributed by atoms with Crippen LogP contribution in [0.5, 0.6) is 5.75 Å². The van der Waals surface area contributed by atoms with Gasteiger partial charge in [0.05, 0.1) is 11.9 Å². The number of alkyl halides is 3. The molecule has 1 saturated carbocycles. The minimum absolute atomic E-state index is 0.116. The van der Waals surface area contributed by atoms with Crippen LogP contribution in [-0.4, -0.2) is 49.7 Å². The Bertz CT molecular complexity index is 1740. The van der Waals surface area contributed by atoms with Gasteiger partial charge >= 0.3 is 12.1 Å². The van der Waals surface area contributed by atoms with Crippen molar-refractivity contribution in [3.05, 3.63) is 89.0 Å². The average molecular weight is 641 g/mol. The Morgan fingerprint density at radius 2 is 1.76 bits per heavy atom. The van der Waals surface area contributed by atoms with Crippen molar-refractivity contribution in [2.75, 3.05) is 13.1 Å². The molecule has 4 aromatic rings. The number of aromatic nitrogens is 3. The maximum atomic E-state index is 15.4. The first kappa shape index (κ1) is 30.7. The standard InChI is InChI=1S/C32H29F4N4O4P/c33-24-14-20(18-10-12-39(13-11-18)30(41)19-8-9-19)15-27(45)23(24)17-44-26-6-2-1-4-21(26)25-5-3-7-28(38-25)40-29(32(34,35)36)22(16-37-40)31(42)43/h1-7,14-16,18-19H,8-13,17,45H2,(H,42,43). The molecule has 13 heteroatoms. The van der Waals surface area contributed by atoms with E-state index in [1.54, 1.807) is 30.3 Å². The second-order valence-electron chi connectivity index (χ2n) is 11.2. The number of carbonyl (C=O) groups is 2. The minimum Gasteiger partial charge on any atom is -0.488 e. The van der Waals surface area contributed by atoms with Crippen molar-refractivity contribution < 1.29 is 37.0 Å². The first-order valence-electron chi connectivity index (χ1n) is 14.5. The third kappa shape index (κ3) is 6.42. The molecule has 1 aliphatic carbocycles. The van der Waals surface area contributed by atoms with E-state index in [4.69, 9.17) is 4.74 Å². The lowest BCUT2D eigenvalue weighted by molar-refractivity contribution is -0.143. The summed E-state index contributed by atoms with van der Waals surface area (Å²) in [6.45, 7) is 1.22. The predicted molar refractivity (Wildman–Crippen MR) is 160 cm³/mol. The van der Waals surface area contributed by atoms with E-state index in [-0.39, 0.29) is 35.9 Å². The van der Waals surface area contributed by atoms with E-state index in [0.29, 0.717) is 46.1 Å². The Kier molecular flexibility index (Phi) is 8.35. The summed E-state index contributed by atoms with van der Waals surface area (Å²) in [5, 5.41) is 13.5. The fraction of sp³-hybridized carbons (Fsp3) is 0.312. The van der Waals surface area contributed by atoms with Crippen LogP contribution in [0.2, 0.25) is 0 Å². The van der Waals surface area contributed by atoms with Gasteiger partial charge in [-0.25, -0.2) is 18.9 Å². The zero-order chi connectivity index (χ0) is 31.9. The predicted octanol–water partition coefficient (Wildman–Crippen LogP) is 5.99. The molecule has 3 heterocycles. The van der Waals surface area contributed by atoms with Crippen molar-refractivity contribution in [1.82, 2.24) is 19.7 Å². The van der Waals surface area contributed by atoms with Crippen molar-refractivity contribution in [3.8, 4) is 22.8 Å². The lowest BCUT2D eigenvalue weighted by atomic mass is 9.88. The number of hydrogen-bond acceptors (Lipinski definition) is 5. The number of amides is 1. The molecule has 2 aliphatic rings. The van der Waals surface area contributed by atoms with Gasteiger partial charge in [0.15, 0.2) is 11.5 Å². The third-order valence-electron chi connectivity index (χ3n) is 8.21. The smallest absolute Gasteiger partial charge is 0.434 e. The molecule has 2 aromatic heterocycles.